The van der Waals surface area contributed by atoms with E-state index >= 15 is 0 Å². The molecule has 1 amide bonds. The number of nitrogens with one attached hydrogen (secondary N) is 1. The van der Waals surface area contributed by atoms with E-state index in [4.69, 9.17) is 0 Å². The third-order valence-corrected chi connectivity index (χ3v) is 4.49. The highest BCUT2D eigenvalue weighted by Gasteiger charge is 2.30. The Kier molecular flexibility index (Phi) is 5.59. The van der Waals surface area contributed by atoms with Gasteiger partial charge in [0.15, 0.2) is 0 Å². The van der Waals surface area contributed by atoms with Crippen molar-refractivity contribution < 1.29 is 18.0 Å². The van der Waals surface area contributed by atoms with Crippen molar-refractivity contribution in [2.24, 2.45) is 0 Å². The second kappa shape index (κ2) is 7.95. The molecule has 1 heterocycles. The molecule has 3 rings (SSSR count). The summed E-state index contributed by atoms with van der Waals surface area (Å²) < 4.78 is 40.2. The molecule has 0 saturated carbocycles. The molecule has 0 unspecified atom stereocenters. The SMILES string of the molecule is Cc1cccc(CNC(=O)c2ccc(C)n(-c3cccc(C(F)(F)F)c3)c2=O)c1. The number of hydrogen-bond donors (Lipinski definition) is 1. The number of rotatable bonds is 4. The van der Waals surface area contributed by atoms with E-state index in [0.29, 0.717) is 5.69 Å². The molecule has 0 spiro atoms. The number of halogens is 3. The monoisotopic (exact) mass is 400 g/mol. The van der Waals surface area contributed by atoms with E-state index in [1.165, 1.54) is 24.3 Å². The standard InChI is InChI=1S/C22H19F3N2O2/c1-14-5-3-6-16(11-14)13-26-20(28)19-10-9-15(2)27(21(19)29)18-8-4-7-17(12-18)22(23,24)25/h3-12H,13H2,1-2H3,(H,26,28). The average molecular weight is 400 g/mol. The summed E-state index contributed by atoms with van der Waals surface area (Å²) in [5.41, 5.74) is 0.713. The van der Waals surface area contributed by atoms with Crippen molar-refractivity contribution in [3.05, 3.63) is 99.0 Å². The lowest BCUT2D eigenvalue weighted by Crippen LogP contribution is -2.33. The zero-order chi connectivity index (χ0) is 21.2. The number of hydrogen-bond acceptors (Lipinski definition) is 2. The van der Waals surface area contributed by atoms with E-state index in [1.54, 1.807) is 6.92 Å². The van der Waals surface area contributed by atoms with Crippen molar-refractivity contribution in [3.8, 4) is 5.69 Å². The van der Waals surface area contributed by atoms with Crippen LogP contribution in [0.4, 0.5) is 13.2 Å². The molecule has 0 saturated heterocycles. The number of carbonyl (C=O) groups excluding carboxylic acids is 1. The summed E-state index contributed by atoms with van der Waals surface area (Å²) in [7, 11) is 0. The number of carbonyl (C=O) groups is 1. The van der Waals surface area contributed by atoms with Gasteiger partial charge in [0, 0.05) is 17.9 Å². The number of aryl methyl sites for hydroxylation is 2. The minimum atomic E-state index is -4.53. The Morgan fingerprint density at radius 2 is 1.72 bits per heavy atom. The van der Waals surface area contributed by atoms with Crippen LogP contribution in [-0.4, -0.2) is 10.5 Å². The number of pyridine rings is 1. The zero-order valence-corrected chi connectivity index (χ0v) is 15.9. The molecule has 0 atom stereocenters. The maximum Gasteiger partial charge on any atom is 0.416 e. The van der Waals surface area contributed by atoms with Gasteiger partial charge in [-0.15, -0.1) is 0 Å². The molecule has 1 aromatic heterocycles. The maximum absolute atomic E-state index is 13.0. The number of aromatic nitrogens is 1. The topological polar surface area (TPSA) is 51.1 Å². The Bertz CT molecular complexity index is 1120. The molecule has 0 aliphatic rings. The quantitative estimate of drug-likeness (QED) is 0.706. The first-order chi connectivity index (χ1) is 13.7. The molecule has 29 heavy (non-hydrogen) atoms. The summed E-state index contributed by atoms with van der Waals surface area (Å²) in [5.74, 6) is -0.586. The van der Waals surface area contributed by atoms with Gasteiger partial charge < -0.3 is 5.32 Å². The summed E-state index contributed by atoms with van der Waals surface area (Å²) in [6.07, 6.45) is -4.53. The van der Waals surface area contributed by atoms with Crippen molar-refractivity contribution in [2.45, 2.75) is 26.6 Å². The van der Waals surface area contributed by atoms with Crippen LogP contribution >= 0.6 is 0 Å². The van der Waals surface area contributed by atoms with Crippen molar-refractivity contribution in [1.29, 1.82) is 0 Å². The largest absolute Gasteiger partial charge is 0.416 e. The minimum absolute atomic E-state index is 0.0515. The molecule has 3 aromatic rings. The second-order valence-electron chi connectivity index (χ2n) is 6.75. The molecule has 7 heteroatoms. The lowest BCUT2D eigenvalue weighted by atomic mass is 10.1. The lowest BCUT2D eigenvalue weighted by Gasteiger charge is -2.14. The Morgan fingerprint density at radius 3 is 2.41 bits per heavy atom. The zero-order valence-electron chi connectivity index (χ0n) is 15.9. The molecule has 0 aliphatic carbocycles. The van der Waals surface area contributed by atoms with Crippen LogP contribution < -0.4 is 10.9 Å². The van der Waals surface area contributed by atoms with Gasteiger partial charge in [0.1, 0.15) is 5.56 Å². The first-order valence-electron chi connectivity index (χ1n) is 8.91. The summed E-state index contributed by atoms with van der Waals surface area (Å²) >= 11 is 0. The molecule has 0 bridgehead atoms. The summed E-state index contributed by atoms with van der Waals surface area (Å²) in [5, 5.41) is 2.68. The van der Waals surface area contributed by atoms with Gasteiger partial charge >= 0.3 is 6.18 Å². The Hall–Kier alpha value is -3.35. The highest BCUT2D eigenvalue weighted by atomic mass is 19.4. The van der Waals surface area contributed by atoms with E-state index in [0.717, 1.165) is 27.8 Å². The first-order valence-corrected chi connectivity index (χ1v) is 8.91. The van der Waals surface area contributed by atoms with Crippen LogP contribution in [0.3, 0.4) is 0 Å². The van der Waals surface area contributed by atoms with Crippen LogP contribution in [0.15, 0.2) is 65.5 Å². The Labute approximate surface area is 165 Å². The van der Waals surface area contributed by atoms with E-state index < -0.39 is 23.2 Å². The maximum atomic E-state index is 13.0. The van der Waals surface area contributed by atoms with Gasteiger partial charge in [-0.3, -0.25) is 14.2 Å². The van der Waals surface area contributed by atoms with E-state index in [2.05, 4.69) is 5.32 Å². The fraction of sp³-hybridized carbons (Fsp3) is 0.182. The molecular weight excluding hydrogens is 381 g/mol. The third kappa shape index (κ3) is 4.56. The van der Waals surface area contributed by atoms with Gasteiger partial charge in [-0.25, -0.2) is 0 Å². The minimum Gasteiger partial charge on any atom is -0.348 e. The number of alkyl halides is 3. The van der Waals surface area contributed by atoms with E-state index in [-0.39, 0.29) is 17.8 Å². The average Bonchev–Trinajstić information content (AvgIpc) is 2.66. The molecular formula is C22H19F3N2O2. The number of nitrogens with zero attached hydrogens (tertiary/aromatic N) is 1. The molecule has 0 fully saturated rings. The third-order valence-electron chi connectivity index (χ3n) is 4.49. The van der Waals surface area contributed by atoms with Gasteiger partial charge in [-0.05, 0) is 49.7 Å². The highest BCUT2D eigenvalue weighted by molar-refractivity contribution is 5.93. The van der Waals surface area contributed by atoms with Crippen LogP contribution in [0.1, 0.15) is 32.7 Å². The smallest absolute Gasteiger partial charge is 0.348 e. The molecule has 2 aromatic carbocycles. The van der Waals surface area contributed by atoms with Crippen LogP contribution in [-0.2, 0) is 12.7 Å². The van der Waals surface area contributed by atoms with Gasteiger partial charge in [0.05, 0.1) is 5.56 Å². The molecule has 0 radical (unpaired) electrons. The van der Waals surface area contributed by atoms with Crippen molar-refractivity contribution in [2.75, 3.05) is 0 Å². The van der Waals surface area contributed by atoms with Crippen LogP contribution in [0.25, 0.3) is 5.69 Å². The predicted molar refractivity (Wildman–Crippen MR) is 104 cm³/mol. The van der Waals surface area contributed by atoms with Crippen molar-refractivity contribution >= 4 is 5.91 Å². The van der Waals surface area contributed by atoms with Crippen LogP contribution in [0.5, 0.6) is 0 Å². The molecule has 0 aliphatic heterocycles. The van der Waals surface area contributed by atoms with Gasteiger partial charge in [0.2, 0.25) is 0 Å². The number of benzene rings is 2. The normalized spacial score (nSPS) is 11.3. The van der Waals surface area contributed by atoms with E-state index in [1.807, 2.05) is 31.2 Å². The van der Waals surface area contributed by atoms with Crippen LogP contribution in [0, 0.1) is 13.8 Å². The highest BCUT2D eigenvalue weighted by Crippen LogP contribution is 2.30. The summed E-state index contributed by atoms with van der Waals surface area (Å²) in [4.78, 5) is 25.4. The molecule has 4 nitrogen and oxygen atoms in total. The van der Waals surface area contributed by atoms with Gasteiger partial charge in [-0.2, -0.15) is 13.2 Å². The Morgan fingerprint density at radius 1 is 1.00 bits per heavy atom. The Balaban J connectivity index is 1.93. The lowest BCUT2D eigenvalue weighted by molar-refractivity contribution is -0.137. The fourth-order valence-corrected chi connectivity index (χ4v) is 3.05. The van der Waals surface area contributed by atoms with Crippen LogP contribution in [0.2, 0.25) is 0 Å². The fourth-order valence-electron chi connectivity index (χ4n) is 3.05. The van der Waals surface area contributed by atoms with Gasteiger partial charge in [0.25, 0.3) is 11.5 Å². The summed E-state index contributed by atoms with van der Waals surface area (Å²) in [6.45, 7) is 3.76. The molecule has 1 N–H and O–H groups in total. The molecule has 150 valence electrons. The predicted octanol–water partition coefficient (Wildman–Crippen LogP) is 4.40. The van der Waals surface area contributed by atoms with Crippen molar-refractivity contribution in [1.82, 2.24) is 9.88 Å². The van der Waals surface area contributed by atoms with E-state index in [9.17, 15) is 22.8 Å². The second-order valence-corrected chi connectivity index (χ2v) is 6.75. The number of amides is 1. The van der Waals surface area contributed by atoms with Crippen molar-refractivity contribution in [3.63, 3.8) is 0 Å². The van der Waals surface area contributed by atoms with Gasteiger partial charge in [-0.1, -0.05) is 35.9 Å². The summed E-state index contributed by atoms with van der Waals surface area (Å²) in [6, 6.07) is 14.9. The first kappa shape index (κ1) is 20.4.